The van der Waals surface area contributed by atoms with Gasteiger partial charge in [-0.2, -0.15) is 13.2 Å². The van der Waals surface area contributed by atoms with Gasteiger partial charge < -0.3 is 5.73 Å². The monoisotopic (exact) mass is 317 g/mol. The minimum absolute atomic E-state index is 0.0694. The third-order valence-electron chi connectivity index (χ3n) is 1.42. The van der Waals surface area contributed by atoms with Crippen LogP contribution in [0.25, 0.3) is 0 Å². The first kappa shape index (κ1) is 10.8. The van der Waals surface area contributed by atoms with Crippen molar-refractivity contribution in [2.24, 2.45) is 0 Å². The lowest BCUT2D eigenvalue weighted by Crippen LogP contribution is -2.06. The van der Waals surface area contributed by atoms with Crippen molar-refractivity contribution >= 4 is 37.5 Å². The molecule has 0 aliphatic heterocycles. The third kappa shape index (κ3) is 2.17. The summed E-state index contributed by atoms with van der Waals surface area (Å²) in [4.78, 5) is 0. The Bertz CT molecular complexity index is 335. The van der Waals surface area contributed by atoms with Gasteiger partial charge in [-0.05, 0) is 44.0 Å². The van der Waals surface area contributed by atoms with E-state index in [1.165, 1.54) is 6.07 Å². The minimum Gasteiger partial charge on any atom is -0.398 e. The highest BCUT2D eigenvalue weighted by atomic mass is 79.9. The lowest BCUT2D eigenvalue weighted by molar-refractivity contribution is -0.138. The molecule has 0 saturated carbocycles. The van der Waals surface area contributed by atoms with Gasteiger partial charge in [0.05, 0.1) is 10.0 Å². The zero-order chi connectivity index (χ0) is 10.2. The zero-order valence-electron chi connectivity index (χ0n) is 6.12. The standard InChI is InChI=1S/C7H4Br2F3N/c8-5-3(7(10,11)12)1-2-4(13)6(5)9/h1-2H,13H2. The summed E-state index contributed by atoms with van der Waals surface area (Å²) >= 11 is 5.77. The maximum atomic E-state index is 12.3. The fourth-order valence-electron chi connectivity index (χ4n) is 0.783. The summed E-state index contributed by atoms with van der Waals surface area (Å²) in [6.07, 6.45) is -4.37. The van der Waals surface area contributed by atoms with Crippen LogP contribution in [0, 0.1) is 0 Å². The van der Waals surface area contributed by atoms with Gasteiger partial charge in [0.2, 0.25) is 0 Å². The van der Waals surface area contributed by atoms with Crippen LogP contribution < -0.4 is 5.73 Å². The summed E-state index contributed by atoms with van der Waals surface area (Å²) in [5.74, 6) is 0. The molecule has 2 N–H and O–H groups in total. The molecule has 1 nitrogen and oxygen atoms in total. The Morgan fingerprint density at radius 1 is 1.08 bits per heavy atom. The average Bonchev–Trinajstić information content (AvgIpc) is 1.98. The SMILES string of the molecule is Nc1ccc(C(F)(F)F)c(Br)c1Br. The Morgan fingerprint density at radius 3 is 2.08 bits per heavy atom. The fourth-order valence-corrected chi connectivity index (χ4v) is 1.71. The van der Waals surface area contributed by atoms with E-state index in [4.69, 9.17) is 5.73 Å². The lowest BCUT2D eigenvalue weighted by atomic mass is 10.2. The molecule has 0 fully saturated rings. The molecule has 0 bridgehead atoms. The van der Waals surface area contributed by atoms with Crippen molar-refractivity contribution in [3.63, 3.8) is 0 Å². The third-order valence-corrected chi connectivity index (χ3v) is 3.63. The predicted octanol–water partition coefficient (Wildman–Crippen LogP) is 3.81. The first-order valence-electron chi connectivity index (χ1n) is 3.14. The molecule has 0 spiro atoms. The number of hydrogen-bond donors (Lipinski definition) is 1. The molecule has 0 saturated heterocycles. The largest absolute Gasteiger partial charge is 0.417 e. The van der Waals surface area contributed by atoms with Gasteiger partial charge in [-0.15, -0.1) is 0 Å². The zero-order valence-corrected chi connectivity index (χ0v) is 9.29. The number of nitrogen functional groups attached to an aromatic ring is 1. The summed E-state index contributed by atoms with van der Waals surface area (Å²) in [5.41, 5.74) is 4.91. The lowest BCUT2D eigenvalue weighted by Gasteiger charge is -2.11. The first-order chi connectivity index (χ1) is 5.84. The second-order valence-electron chi connectivity index (χ2n) is 2.33. The van der Waals surface area contributed by atoms with Crippen molar-refractivity contribution in [1.29, 1.82) is 0 Å². The Labute approximate surface area is 89.4 Å². The van der Waals surface area contributed by atoms with E-state index in [-0.39, 0.29) is 14.6 Å². The Balaban J connectivity index is 3.35. The van der Waals surface area contributed by atoms with Crippen molar-refractivity contribution in [3.8, 4) is 0 Å². The van der Waals surface area contributed by atoms with E-state index in [0.29, 0.717) is 0 Å². The molecular formula is C7H4Br2F3N. The molecule has 1 aromatic rings. The number of hydrogen-bond acceptors (Lipinski definition) is 1. The van der Waals surface area contributed by atoms with Gasteiger partial charge in [-0.25, -0.2) is 0 Å². The van der Waals surface area contributed by atoms with E-state index in [0.717, 1.165) is 6.07 Å². The van der Waals surface area contributed by atoms with Crippen LogP contribution in [0.15, 0.2) is 21.1 Å². The van der Waals surface area contributed by atoms with Gasteiger partial charge in [-0.3, -0.25) is 0 Å². The molecule has 1 rings (SSSR count). The van der Waals surface area contributed by atoms with Gasteiger partial charge in [0.15, 0.2) is 0 Å². The van der Waals surface area contributed by atoms with E-state index in [1.54, 1.807) is 0 Å². The smallest absolute Gasteiger partial charge is 0.398 e. The van der Waals surface area contributed by atoms with Gasteiger partial charge in [0.25, 0.3) is 0 Å². The summed E-state index contributed by atoms with van der Waals surface area (Å²) < 4.78 is 37.0. The summed E-state index contributed by atoms with van der Waals surface area (Å²) in [6, 6.07) is 2.14. The van der Waals surface area contributed by atoms with Crippen LogP contribution in [0.4, 0.5) is 18.9 Å². The summed E-state index contributed by atoms with van der Waals surface area (Å²) in [6.45, 7) is 0. The Hall–Kier alpha value is -0.230. The number of rotatable bonds is 0. The molecule has 0 aliphatic carbocycles. The fraction of sp³-hybridized carbons (Fsp3) is 0.143. The van der Waals surface area contributed by atoms with Crippen LogP contribution in [-0.2, 0) is 6.18 Å². The maximum Gasteiger partial charge on any atom is 0.417 e. The molecule has 0 aromatic heterocycles. The number of halogens is 5. The van der Waals surface area contributed by atoms with Gasteiger partial charge >= 0.3 is 6.18 Å². The molecule has 0 atom stereocenters. The average molecular weight is 319 g/mol. The molecular weight excluding hydrogens is 315 g/mol. The quantitative estimate of drug-likeness (QED) is 0.723. The van der Waals surface area contributed by atoms with E-state index in [2.05, 4.69) is 31.9 Å². The minimum atomic E-state index is -4.37. The topological polar surface area (TPSA) is 26.0 Å². The summed E-state index contributed by atoms with van der Waals surface area (Å²) in [7, 11) is 0. The van der Waals surface area contributed by atoms with Crippen LogP contribution in [0.2, 0.25) is 0 Å². The second-order valence-corrected chi connectivity index (χ2v) is 3.91. The van der Waals surface area contributed by atoms with Crippen molar-refractivity contribution in [3.05, 3.63) is 26.6 Å². The van der Waals surface area contributed by atoms with Crippen molar-refractivity contribution in [1.82, 2.24) is 0 Å². The van der Waals surface area contributed by atoms with Crippen molar-refractivity contribution in [2.75, 3.05) is 5.73 Å². The first-order valence-corrected chi connectivity index (χ1v) is 4.73. The molecule has 0 heterocycles. The molecule has 6 heteroatoms. The van der Waals surface area contributed by atoms with Gasteiger partial charge in [0.1, 0.15) is 0 Å². The van der Waals surface area contributed by atoms with E-state index < -0.39 is 11.7 Å². The van der Waals surface area contributed by atoms with Crippen LogP contribution in [-0.4, -0.2) is 0 Å². The Morgan fingerprint density at radius 2 is 1.62 bits per heavy atom. The highest BCUT2D eigenvalue weighted by Gasteiger charge is 2.33. The number of nitrogens with two attached hydrogens (primary N) is 1. The van der Waals surface area contributed by atoms with E-state index in [1.807, 2.05) is 0 Å². The Kier molecular flexibility index (Phi) is 2.91. The molecule has 0 amide bonds. The van der Waals surface area contributed by atoms with Gasteiger partial charge in [0, 0.05) is 10.2 Å². The molecule has 0 radical (unpaired) electrons. The normalized spacial score (nSPS) is 11.8. The number of benzene rings is 1. The molecule has 1 aromatic carbocycles. The van der Waals surface area contributed by atoms with Gasteiger partial charge in [-0.1, -0.05) is 0 Å². The predicted molar refractivity (Wildman–Crippen MR) is 51.3 cm³/mol. The van der Waals surface area contributed by atoms with Crippen LogP contribution >= 0.6 is 31.9 Å². The second kappa shape index (κ2) is 3.49. The number of alkyl halides is 3. The number of anilines is 1. The summed E-state index contributed by atoms with van der Waals surface area (Å²) in [5, 5.41) is 0. The molecule has 0 unspecified atom stereocenters. The van der Waals surface area contributed by atoms with E-state index in [9.17, 15) is 13.2 Å². The van der Waals surface area contributed by atoms with E-state index >= 15 is 0 Å². The molecule has 13 heavy (non-hydrogen) atoms. The van der Waals surface area contributed by atoms with Crippen LogP contribution in [0.3, 0.4) is 0 Å². The highest BCUT2D eigenvalue weighted by Crippen LogP contribution is 2.40. The molecule has 0 aliphatic rings. The highest BCUT2D eigenvalue weighted by molar-refractivity contribution is 9.13. The molecule has 72 valence electrons. The van der Waals surface area contributed by atoms with Crippen LogP contribution in [0.1, 0.15) is 5.56 Å². The maximum absolute atomic E-state index is 12.3. The van der Waals surface area contributed by atoms with Crippen molar-refractivity contribution in [2.45, 2.75) is 6.18 Å². The van der Waals surface area contributed by atoms with Crippen molar-refractivity contribution < 1.29 is 13.2 Å². The van der Waals surface area contributed by atoms with Crippen LogP contribution in [0.5, 0.6) is 0 Å².